The fraction of sp³-hybridized carbons (Fsp3) is 0.409. The number of pyridine rings is 1. The predicted octanol–water partition coefficient (Wildman–Crippen LogP) is 1.87. The van der Waals surface area contributed by atoms with Crippen molar-refractivity contribution in [3.63, 3.8) is 0 Å². The first-order valence-corrected chi connectivity index (χ1v) is 10.3. The Balaban J connectivity index is 1.72. The van der Waals surface area contributed by atoms with Crippen molar-refractivity contribution in [3.05, 3.63) is 63.1 Å². The lowest BCUT2D eigenvalue weighted by molar-refractivity contribution is -0.0176. The van der Waals surface area contributed by atoms with Crippen LogP contribution >= 0.6 is 0 Å². The van der Waals surface area contributed by atoms with Crippen LogP contribution in [0.1, 0.15) is 45.8 Å². The van der Waals surface area contributed by atoms with Gasteiger partial charge in [0.05, 0.1) is 25.8 Å². The van der Waals surface area contributed by atoms with Gasteiger partial charge in [-0.15, -0.1) is 0 Å². The Morgan fingerprint density at radius 1 is 1.28 bits per heavy atom. The minimum Gasteiger partial charge on any atom is -0.491 e. The van der Waals surface area contributed by atoms with Crippen molar-refractivity contribution in [2.24, 2.45) is 0 Å². The van der Waals surface area contributed by atoms with E-state index in [2.05, 4.69) is 5.32 Å². The first-order valence-electron chi connectivity index (χ1n) is 10.3. The molecule has 170 valence electrons. The normalized spacial score (nSPS) is 19.9. The summed E-state index contributed by atoms with van der Waals surface area (Å²) < 4.78 is 39.5. The summed E-state index contributed by atoms with van der Waals surface area (Å²) in [4.78, 5) is 40.7. The zero-order valence-corrected chi connectivity index (χ0v) is 17.7. The van der Waals surface area contributed by atoms with Crippen LogP contribution in [0.25, 0.3) is 0 Å². The molecule has 2 amide bonds. The van der Waals surface area contributed by atoms with Crippen molar-refractivity contribution >= 4 is 11.8 Å². The van der Waals surface area contributed by atoms with E-state index in [1.807, 2.05) is 6.92 Å². The van der Waals surface area contributed by atoms with Crippen LogP contribution in [-0.4, -0.2) is 54.2 Å². The minimum atomic E-state index is -0.805. The average molecular weight is 447 g/mol. The number of rotatable bonds is 5. The van der Waals surface area contributed by atoms with E-state index in [1.165, 1.54) is 19.4 Å². The SMILES string of the molecule is CCN1C(=O)c2c(OC)c(=O)c(C(=O)NCc3ccc(F)cc3F)cn2[C@H]2CCOC[C@H]21. The highest BCUT2D eigenvalue weighted by Gasteiger charge is 2.43. The van der Waals surface area contributed by atoms with Crippen molar-refractivity contribution < 1.29 is 27.8 Å². The number of carbonyl (C=O) groups excluding carboxylic acids is 2. The smallest absolute Gasteiger partial charge is 0.274 e. The van der Waals surface area contributed by atoms with Crippen LogP contribution in [0.5, 0.6) is 5.75 Å². The van der Waals surface area contributed by atoms with Gasteiger partial charge in [-0.05, 0) is 19.4 Å². The highest BCUT2D eigenvalue weighted by Crippen LogP contribution is 2.35. The van der Waals surface area contributed by atoms with E-state index in [0.717, 1.165) is 6.07 Å². The van der Waals surface area contributed by atoms with Crippen molar-refractivity contribution in [1.82, 2.24) is 14.8 Å². The number of amides is 2. The van der Waals surface area contributed by atoms with Gasteiger partial charge in [0.15, 0.2) is 11.4 Å². The molecule has 2 aliphatic heterocycles. The molecular formula is C22H23F2N3O5. The Labute approximate surface area is 182 Å². The first kappa shape index (κ1) is 21.9. The van der Waals surface area contributed by atoms with Gasteiger partial charge in [0.25, 0.3) is 11.8 Å². The van der Waals surface area contributed by atoms with Crippen LogP contribution < -0.4 is 15.5 Å². The second kappa shape index (κ2) is 8.70. The summed E-state index contributed by atoms with van der Waals surface area (Å²) in [5.41, 5.74) is -0.784. The molecule has 0 unspecified atom stereocenters. The van der Waals surface area contributed by atoms with Gasteiger partial charge in [0.2, 0.25) is 5.43 Å². The van der Waals surface area contributed by atoms with E-state index in [1.54, 1.807) is 9.47 Å². The van der Waals surface area contributed by atoms with Gasteiger partial charge in [-0.25, -0.2) is 8.78 Å². The Kier molecular flexibility index (Phi) is 5.96. The van der Waals surface area contributed by atoms with Crippen LogP contribution in [0.15, 0.2) is 29.2 Å². The lowest BCUT2D eigenvalue weighted by Gasteiger charge is -2.45. The number of likely N-dealkylation sites (N-methyl/N-ethyl adjacent to an activating group) is 1. The molecule has 0 radical (unpaired) electrons. The van der Waals surface area contributed by atoms with E-state index in [-0.39, 0.29) is 47.1 Å². The Hall–Kier alpha value is -3.27. The third kappa shape index (κ3) is 3.64. The third-order valence-electron chi connectivity index (χ3n) is 5.95. The van der Waals surface area contributed by atoms with Gasteiger partial charge < -0.3 is 24.3 Å². The fourth-order valence-corrected chi connectivity index (χ4v) is 4.36. The van der Waals surface area contributed by atoms with Gasteiger partial charge in [-0.2, -0.15) is 0 Å². The first-order chi connectivity index (χ1) is 15.4. The molecule has 10 heteroatoms. The summed E-state index contributed by atoms with van der Waals surface area (Å²) >= 11 is 0. The molecule has 0 bridgehead atoms. The summed E-state index contributed by atoms with van der Waals surface area (Å²) in [6.45, 7) is 2.87. The zero-order chi connectivity index (χ0) is 23.0. The van der Waals surface area contributed by atoms with Crippen molar-refractivity contribution in [3.8, 4) is 5.75 Å². The van der Waals surface area contributed by atoms with Crippen LogP contribution in [0.4, 0.5) is 8.78 Å². The number of nitrogens with zero attached hydrogens (tertiary/aromatic N) is 2. The van der Waals surface area contributed by atoms with Gasteiger partial charge in [0.1, 0.15) is 17.2 Å². The maximum absolute atomic E-state index is 13.9. The van der Waals surface area contributed by atoms with Crippen molar-refractivity contribution in [1.29, 1.82) is 0 Å². The molecule has 1 fully saturated rings. The third-order valence-corrected chi connectivity index (χ3v) is 5.95. The van der Waals surface area contributed by atoms with E-state index in [9.17, 15) is 23.2 Å². The molecule has 2 atom stereocenters. The molecule has 3 heterocycles. The number of hydrogen-bond acceptors (Lipinski definition) is 5. The Morgan fingerprint density at radius 2 is 2.06 bits per heavy atom. The van der Waals surface area contributed by atoms with Crippen LogP contribution in [0, 0.1) is 11.6 Å². The molecule has 2 aromatic rings. The number of fused-ring (bicyclic) bond motifs is 3. The molecular weight excluding hydrogens is 424 g/mol. The van der Waals surface area contributed by atoms with Crippen LogP contribution in [0.2, 0.25) is 0 Å². The maximum atomic E-state index is 13.9. The molecule has 8 nitrogen and oxygen atoms in total. The van der Waals surface area contributed by atoms with E-state index in [0.29, 0.717) is 32.2 Å². The molecule has 1 aromatic carbocycles. The molecule has 1 aromatic heterocycles. The molecule has 1 saturated heterocycles. The van der Waals surface area contributed by atoms with Gasteiger partial charge in [-0.3, -0.25) is 14.4 Å². The summed E-state index contributed by atoms with van der Waals surface area (Å²) in [7, 11) is 1.27. The maximum Gasteiger partial charge on any atom is 0.274 e. The molecule has 0 spiro atoms. The number of ether oxygens (including phenoxy) is 2. The quantitative estimate of drug-likeness (QED) is 0.756. The Bertz CT molecular complexity index is 1130. The van der Waals surface area contributed by atoms with E-state index in [4.69, 9.17) is 9.47 Å². The number of methoxy groups -OCH3 is 1. The average Bonchev–Trinajstić information content (AvgIpc) is 2.78. The van der Waals surface area contributed by atoms with Crippen LogP contribution in [0.3, 0.4) is 0 Å². The fourth-order valence-electron chi connectivity index (χ4n) is 4.36. The van der Waals surface area contributed by atoms with Gasteiger partial charge in [0, 0.05) is 37.5 Å². The molecule has 0 aliphatic carbocycles. The Morgan fingerprint density at radius 3 is 2.75 bits per heavy atom. The minimum absolute atomic E-state index is 0.0723. The van der Waals surface area contributed by atoms with E-state index >= 15 is 0 Å². The number of halogens is 2. The molecule has 2 aliphatic rings. The monoisotopic (exact) mass is 447 g/mol. The number of hydrogen-bond donors (Lipinski definition) is 1. The summed E-state index contributed by atoms with van der Waals surface area (Å²) in [5, 5.41) is 2.49. The number of benzene rings is 1. The predicted molar refractivity (Wildman–Crippen MR) is 110 cm³/mol. The van der Waals surface area contributed by atoms with Crippen molar-refractivity contribution in [2.75, 3.05) is 26.9 Å². The zero-order valence-electron chi connectivity index (χ0n) is 17.7. The highest BCUT2D eigenvalue weighted by atomic mass is 19.1. The second-order valence-electron chi connectivity index (χ2n) is 7.67. The second-order valence-corrected chi connectivity index (χ2v) is 7.67. The molecule has 1 N–H and O–H groups in total. The van der Waals surface area contributed by atoms with Crippen LogP contribution in [-0.2, 0) is 11.3 Å². The number of carbonyl (C=O) groups is 2. The lowest BCUT2D eigenvalue weighted by Crippen LogP contribution is -2.55. The van der Waals surface area contributed by atoms with Gasteiger partial charge >= 0.3 is 0 Å². The number of nitrogens with one attached hydrogen (secondary N) is 1. The lowest BCUT2D eigenvalue weighted by atomic mass is 9.96. The van der Waals surface area contributed by atoms with E-state index < -0.39 is 23.0 Å². The highest BCUT2D eigenvalue weighted by molar-refractivity contribution is 5.99. The molecule has 4 rings (SSSR count). The largest absolute Gasteiger partial charge is 0.491 e. The summed E-state index contributed by atoms with van der Waals surface area (Å²) in [5.74, 6) is -2.86. The van der Waals surface area contributed by atoms with Crippen molar-refractivity contribution in [2.45, 2.75) is 32.0 Å². The summed E-state index contributed by atoms with van der Waals surface area (Å²) in [6.07, 6.45) is 1.96. The molecule has 0 saturated carbocycles. The van der Waals surface area contributed by atoms with Gasteiger partial charge in [-0.1, -0.05) is 6.07 Å². The molecule has 32 heavy (non-hydrogen) atoms. The number of aromatic nitrogens is 1. The topological polar surface area (TPSA) is 89.9 Å². The summed E-state index contributed by atoms with van der Waals surface area (Å²) in [6, 6.07) is 2.60. The standard InChI is InChI=1S/C22H23F2N3O5/c1-3-26-17-11-32-7-6-16(17)27-10-14(19(28)20(31-2)18(27)22(26)30)21(29)25-9-12-4-5-13(23)8-15(12)24/h4-5,8,10,16-17H,3,6-7,9,11H2,1-2H3,(H,25,29)/t16-,17+/m0/s1.